The number of hydrogen-bond donors (Lipinski definition) is 3. The Morgan fingerprint density at radius 1 is 0.833 bits per heavy atom. The van der Waals surface area contributed by atoms with Crippen LogP contribution in [0.1, 0.15) is 0 Å². The first kappa shape index (κ1) is 97.8. The summed E-state index contributed by atoms with van der Waals surface area (Å²) in [5.41, 5.74) is 0. The zero-order valence-electron chi connectivity index (χ0n) is 8.74. The van der Waals surface area contributed by atoms with E-state index in [9.17, 15) is 0 Å². The van der Waals surface area contributed by atoms with Crippen LogP contribution in [0.2, 0.25) is 0 Å². The number of hydrogen-bond acceptors (Lipinski definition) is 4. The molecule has 0 saturated carbocycles. The quantitative estimate of drug-likeness (QED) is 0.163. The molecule has 0 atom stereocenters. The summed E-state index contributed by atoms with van der Waals surface area (Å²) in [6.45, 7) is 0. The zero-order valence-corrected chi connectivity index (χ0v) is 13.2. The fourth-order valence-electron chi connectivity index (χ4n) is 0. The minimum atomic E-state index is -4.67. The molecule has 112 valence electrons. The molecular weight excluding hydrogens is 334 g/mol. The van der Waals surface area contributed by atoms with Gasteiger partial charge in [0.2, 0.25) is 0 Å². The van der Waals surface area contributed by atoms with E-state index in [2.05, 4.69) is 0 Å². The summed E-state index contributed by atoms with van der Waals surface area (Å²) in [6.07, 6.45) is 0. The van der Waals surface area contributed by atoms with Gasteiger partial charge in [-0.1, -0.05) is 0 Å². The van der Waals surface area contributed by atoms with Crippen LogP contribution in [-0.4, -0.2) is 127 Å². The van der Waals surface area contributed by atoms with Crippen LogP contribution in [-0.2, 0) is 10.4 Å². The van der Waals surface area contributed by atoms with Gasteiger partial charge in [-0.3, -0.25) is 9.11 Å². The van der Waals surface area contributed by atoms with Gasteiger partial charge in [0, 0.05) is 0 Å². The Morgan fingerprint density at radius 2 is 0.833 bits per heavy atom. The van der Waals surface area contributed by atoms with E-state index in [1.54, 1.807) is 0 Å². The van der Waals surface area contributed by atoms with Crippen molar-refractivity contribution in [2.24, 2.45) is 0 Å². The van der Waals surface area contributed by atoms with Crippen LogP contribution in [0.5, 0.6) is 0 Å². The molecule has 17 N–H and O–H groups in total. The summed E-state index contributed by atoms with van der Waals surface area (Å²) in [4.78, 5) is 8.36. The molecule has 0 aliphatic carbocycles. The molecule has 0 saturated heterocycles. The van der Waals surface area contributed by atoms with Crippen molar-refractivity contribution in [2.45, 2.75) is 0 Å². The van der Waals surface area contributed by atoms with Crippen molar-refractivity contribution in [3.63, 3.8) is 0 Å². The van der Waals surface area contributed by atoms with Crippen LogP contribution in [0.15, 0.2) is 0 Å². The molecule has 0 aromatic heterocycles. The molecule has 0 unspecified atom stereocenters. The number of nitrogens with zero attached hydrogens (tertiary/aromatic N) is 1. The normalized spacial score (nSPS) is 4.56. The molecule has 0 aliphatic rings. The van der Waals surface area contributed by atoms with E-state index >= 15 is 0 Å². The largest absolute Gasteiger partial charge is 2.00 e. The van der Waals surface area contributed by atoms with Gasteiger partial charge >= 0.3 is 71.2 Å². The van der Waals surface area contributed by atoms with E-state index in [-0.39, 0.29) is 99.1 Å². The maximum absolute atomic E-state index is 8.74. The van der Waals surface area contributed by atoms with Gasteiger partial charge in [-0.2, -0.15) is 8.42 Å². The van der Waals surface area contributed by atoms with E-state index in [1.807, 2.05) is 0 Å². The van der Waals surface area contributed by atoms with Crippen molar-refractivity contribution in [3.8, 4) is 0 Å². The van der Waals surface area contributed by atoms with E-state index in [4.69, 9.17) is 32.8 Å². The SMILES string of the molecule is O.O.O.O.O.O.O.O=S(=O)(O)O.O=[N+]([O-])O.[Ca+2].[Mg+2]. The van der Waals surface area contributed by atoms with Crippen molar-refractivity contribution in [2.75, 3.05) is 0 Å². The minimum absolute atomic E-state index is 0. The predicted molar refractivity (Wildman–Crippen MR) is 59.8 cm³/mol. The Kier molecular flexibility index (Phi) is 284. The van der Waals surface area contributed by atoms with E-state index in [0.29, 0.717) is 0 Å². The molecule has 15 nitrogen and oxygen atoms in total. The van der Waals surface area contributed by atoms with Crippen LogP contribution in [0, 0.1) is 10.1 Å². The minimum Gasteiger partial charge on any atom is -0.412 e. The first-order valence-electron chi connectivity index (χ1n) is 1.26. The summed E-state index contributed by atoms with van der Waals surface area (Å²) in [7, 11) is -4.67. The molecule has 0 amide bonds. The van der Waals surface area contributed by atoms with Crippen molar-refractivity contribution in [1.82, 2.24) is 0 Å². The average Bonchev–Trinajstić information content (AvgIpc) is 1.19. The van der Waals surface area contributed by atoms with Crippen molar-refractivity contribution in [3.05, 3.63) is 10.1 Å². The Hall–Kier alpha value is 0.816. The van der Waals surface area contributed by atoms with Crippen LogP contribution >= 0.6 is 0 Å². The van der Waals surface area contributed by atoms with Gasteiger partial charge in [0.05, 0.1) is 0 Å². The van der Waals surface area contributed by atoms with E-state index < -0.39 is 15.5 Å². The third kappa shape index (κ3) is 6320. The summed E-state index contributed by atoms with van der Waals surface area (Å²) in [5.74, 6) is 0. The molecule has 0 fully saturated rings. The molecule has 0 heterocycles. The molecular formula is H17CaMgNO14S+4. The van der Waals surface area contributed by atoms with Gasteiger partial charge in [0.15, 0.2) is 0 Å². The first-order valence-corrected chi connectivity index (χ1v) is 2.66. The van der Waals surface area contributed by atoms with Gasteiger partial charge in [0.25, 0.3) is 5.09 Å². The fraction of sp³-hybridized carbons (Fsp3) is 0. The van der Waals surface area contributed by atoms with Gasteiger partial charge in [-0.05, 0) is 0 Å². The van der Waals surface area contributed by atoms with Crippen LogP contribution in [0.25, 0.3) is 0 Å². The summed E-state index contributed by atoms with van der Waals surface area (Å²) in [6, 6.07) is 0. The first-order chi connectivity index (χ1) is 3.73. The van der Waals surface area contributed by atoms with Crippen molar-refractivity contribution >= 4 is 71.2 Å². The summed E-state index contributed by atoms with van der Waals surface area (Å²) in [5, 5.41) is 13.6. The van der Waals surface area contributed by atoms with E-state index in [1.165, 1.54) is 0 Å². The molecule has 0 radical (unpaired) electrons. The maximum Gasteiger partial charge on any atom is 2.00 e. The number of rotatable bonds is 0. The fourth-order valence-corrected chi connectivity index (χ4v) is 0. The Morgan fingerprint density at radius 3 is 0.833 bits per heavy atom. The molecule has 0 aliphatic heterocycles. The van der Waals surface area contributed by atoms with Crippen LogP contribution in [0.4, 0.5) is 0 Å². The van der Waals surface area contributed by atoms with Gasteiger partial charge in [-0.25, -0.2) is 0 Å². The maximum atomic E-state index is 8.74. The average molecular weight is 352 g/mol. The molecule has 18 heavy (non-hydrogen) atoms. The Labute approximate surface area is 146 Å². The molecule has 0 spiro atoms. The molecule has 0 aromatic rings. The van der Waals surface area contributed by atoms with E-state index in [0.717, 1.165) is 0 Å². The molecule has 0 bridgehead atoms. The van der Waals surface area contributed by atoms with Crippen molar-refractivity contribution in [1.29, 1.82) is 0 Å². The summed E-state index contributed by atoms with van der Waals surface area (Å²) < 4.78 is 31.6. The van der Waals surface area contributed by atoms with Crippen LogP contribution in [0.3, 0.4) is 0 Å². The standard InChI is InChI=1S/Ca.Mg.HNO3.H2O4S.7H2O/c;;2-1(3)4;1-5(2,3)4;;;;;;;/h;;(H,2,3,4);(H2,1,2,3,4);7*1H2/q2*+2;;;;;;;;;. The van der Waals surface area contributed by atoms with Crippen LogP contribution < -0.4 is 0 Å². The second-order valence-corrected chi connectivity index (χ2v) is 1.58. The molecule has 0 aromatic carbocycles. The summed E-state index contributed by atoms with van der Waals surface area (Å²) >= 11 is 0. The van der Waals surface area contributed by atoms with Gasteiger partial charge < -0.3 is 43.5 Å². The van der Waals surface area contributed by atoms with Gasteiger partial charge in [0.1, 0.15) is 0 Å². The predicted octanol–water partition coefficient (Wildman–Crippen LogP) is -7.53. The Balaban J connectivity index is -0.00000000406. The second kappa shape index (κ2) is 52.3. The smallest absolute Gasteiger partial charge is 0.412 e. The zero-order chi connectivity index (χ0) is 8.08. The molecule has 0 rings (SSSR count). The topological polar surface area (TPSA) is 358 Å². The van der Waals surface area contributed by atoms with Gasteiger partial charge in [-0.15, -0.1) is 10.1 Å². The Bertz CT molecular complexity index is 164. The third-order valence-corrected chi connectivity index (χ3v) is 0. The monoisotopic (exact) mass is 351 g/mol. The third-order valence-electron chi connectivity index (χ3n) is 0. The second-order valence-electron chi connectivity index (χ2n) is 0.686. The molecule has 18 heteroatoms. The van der Waals surface area contributed by atoms with Crippen molar-refractivity contribution < 1.29 is 66.2 Å².